The first-order valence-corrected chi connectivity index (χ1v) is 1.69. The molecule has 0 aliphatic carbocycles. The number of carbonyl (C=O) groups excluding carboxylic acids is 1. The van der Waals surface area contributed by atoms with Crippen LogP contribution in [-0.2, 0) is 25.8 Å². The zero-order valence-electron chi connectivity index (χ0n) is 3.92. The van der Waals surface area contributed by atoms with Crippen molar-refractivity contribution in [3.05, 3.63) is 0 Å². The van der Waals surface area contributed by atoms with E-state index in [0.29, 0.717) is 6.61 Å². The molecule has 0 aliphatic heterocycles. The topological polar surface area (TPSA) is 52.3 Å². The molecule has 0 aliphatic rings. The Morgan fingerprint density at radius 3 is 2.29 bits per heavy atom. The molecule has 0 spiro atoms. The molecule has 0 aromatic rings. The van der Waals surface area contributed by atoms with Crippen LogP contribution in [0.2, 0.25) is 0 Å². The Balaban J connectivity index is 0. The molecule has 0 bridgehead atoms. The molecule has 0 unspecified atom stereocenters. The van der Waals surface area contributed by atoms with Gasteiger partial charge in [-0.2, -0.15) is 0 Å². The molecule has 7 heavy (non-hydrogen) atoms. The van der Waals surface area contributed by atoms with Gasteiger partial charge in [0, 0.05) is 0 Å². The molecule has 0 fully saturated rings. The van der Waals surface area contributed by atoms with Gasteiger partial charge < -0.3 is 10.5 Å². The Kier molecular flexibility index (Phi) is 8.55. The van der Waals surface area contributed by atoms with Crippen LogP contribution in [0.4, 0.5) is 4.79 Å². The summed E-state index contributed by atoms with van der Waals surface area (Å²) < 4.78 is 4.18. The van der Waals surface area contributed by atoms with E-state index in [2.05, 4.69) is 10.5 Å². The van der Waals surface area contributed by atoms with Gasteiger partial charge in [-0.25, -0.2) is 4.79 Å². The van der Waals surface area contributed by atoms with E-state index in [-0.39, 0.29) is 21.1 Å². The third kappa shape index (κ3) is 10.7. The van der Waals surface area contributed by atoms with E-state index in [1.165, 1.54) is 0 Å². The molecule has 2 N–H and O–H groups in total. The molecular weight excluding hydrogens is 277 g/mol. The summed E-state index contributed by atoms with van der Waals surface area (Å²) in [6.07, 6.45) is -0.711. The van der Waals surface area contributed by atoms with Gasteiger partial charge in [-0.3, -0.25) is 0 Å². The average molecular weight is 284 g/mol. The summed E-state index contributed by atoms with van der Waals surface area (Å²) in [5.41, 5.74) is 4.54. The summed E-state index contributed by atoms with van der Waals surface area (Å²) in [6.45, 7) is 2.06. The van der Waals surface area contributed by atoms with Gasteiger partial charge in [0.05, 0.1) is 6.61 Å². The summed E-state index contributed by atoms with van der Waals surface area (Å²) in [4.78, 5) is 9.60. The van der Waals surface area contributed by atoms with E-state index in [9.17, 15) is 4.79 Å². The molecule has 1 amide bonds. The maximum atomic E-state index is 9.60. The van der Waals surface area contributed by atoms with Crippen LogP contribution >= 0.6 is 0 Å². The molecule has 0 atom stereocenters. The minimum Gasteiger partial charge on any atom is -0.450 e. The van der Waals surface area contributed by atoms with Gasteiger partial charge in [-0.1, -0.05) is 0 Å². The van der Waals surface area contributed by atoms with Gasteiger partial charge in [0.2, 0.25) is 0 Å². The average Bonchev–Trinajstić information content (AvgIpc) is 1.35. The second kappa shape index (κ2) is 5.96. The predicted molar refractivity (Wildman–Crippen MR) is 21.2 cm³/mol. The smallest absolute Gasteiger partial charge is 0.450 e. The zero-order chi connectivity index (χ0) is 4.99. The largest absolute Gasteiger partial charge is 4.00 e. The summed E-state index contributed by atoms with van der Waals surface area (Å²) >= 11 is 0. The third-order valence-corrected chi connectivity index (χ3v) is 0.287. The summed E-state index contributed by atoms with van der Waals surface area (Å²) in [5, 5.41) is 0. The van der Waals surface area contributed by atoms with Crippen LogP contribution in [0.5, 0.6) is 0 Å². The molecule has 0 radical (unpaired) electrons. The Hall–Kier alpha value is -0.0417. The van der Waals surface area contributed by atoms with Crippen LogP contribution < -0.4 is 5.73 Å². The molecule has 3 nitrogen and oxygen atoms in total. The Labute approximate surface area is 56.5 Å². The van der Waals surface area contributed by atoms with Crippen molar-refractivity contribution >= 4 is 6.09 Å². The number of hydrogen-bond acceptors (Lipinski definition) is 2. The summed E-state index contributed by atoms with van der Waals surface area (Å²) in [5.74, 6) is 0. The Bertz CT molecular complexity index is 56.9. The summed E-state index contributed by atoms with van der Waals surface area (Å²) in [7, 11) is 0. The van der Waals surface area contributed by atoms with Crippen molar-refractivity contribution in [1.82, 2.24) is 0 Å². The van der Waals surface area contributed by atoms with Crippen molar-refractivity contribution in [3.8, 4) is 0 Å². The number of ether oxygens (including phenoxy) is 1. The quantitative estimate of drug-likeness (QED) is 0.742. The number of rotatable bonds is 1. The van der Waals surface area contributed by atoms with Gasteiger partial charge in [-0.15, -0.1) is 0 Å². The van der Waals surface area contributed by atoms with Gasteiger partial charge in [0.1, 0.15) is 0 Å². The number of hydrogen-bond donors (Lipinski definition) is 1. The van der Waals surface area contributed by atoms with E-state index in [0.717, 1.165) is 0 Å². The van der Waals surface area contributed by atoms with Gasteiger partial charge in [-0.05, 0) is 6.92 Å². The van der Waals surface area contributed by atoms with Gasteiger partial charge in [0.25, 0.3) is 0 Å². The second-order valence-corrected chi connectivity index (χ2v) is 0.752. The predicted octanol–water partition coefficient (Wildman–Crippen LogP) is 0.0991. The summed E-state index contributed by atoms with van der Waals surface area (Å²) in [6, 6.07) is 0. The fourth-order valence-electron chi connectivity index (χ4n) is 0.142. The van der Waals surface area contributed by atoms with Crippen molar-refractivity contribution in [2.45, 2.75) is 6.92 Å². The monoisotopic (exact) mass is 284 g/mol. The maximum Gasteiger partial charge on any atom is 4.00 e. The normalized spacial score (nSPS) is 6.43. The SMILES string of the molecule is CCOC(N)=O.[Pt+4]. The molecule has 0 aromatic heterocycles. The van der Waals surface area contributed by atoms with Crippen LogP contribution in [0.25, 0.3) is 0 Å². The van der Waals surface area contributed by atoms with Crippen molar-refractivity contribution in [2.24, 2.45) is 5.73 Å². The van der Waals surface area contributed by atoms with Crippen LogP contribution in [0, 0.1) is 0 Å². The van der Waals surface area contributed by atoms with E-state index in [1.54, 1.807) is 6.92 Å². The van der Waals surface area contributed by atoms with Crippen molar-refractivity contribution in [3.63, 3.8) is 0 Å². The van der Waals surface area contributed by atoms with Crippen molar-refractivity contribution in [2.75, 3.05) is 6.61 Å². The number of carbonyl (C=O) groups is 1. The molecule has 4 heteroatoms. The van der Waals surface area contributed by atoms with Crippen molar-refractivity contribution in [1.29, 1.82) is 0 Å². The van der Waals surface area contributed by atoms with E-state index in [1.807, 2.05) is 0 Å². The first-order valence-electron chi connectivity index (χ1n) is 1.69. The standard InChI is InChI=1S/C3H7NO2.Pt/c1-2-6-3(4)5;/h2H2,1H3,(H2,4,5);/q;+4. The van der Waals surface area contributed by atoms with Crippen LogP contribution in [0.1, 0.15) is 6.92 Å². The number of amides is 1. The number of primary amides is 1. The Morgan fingerprint density at radius 2 is 2.29 bits per heavy atom. The van der Waals surface area contributed by atoms with Crippen LogP contribution in [-0.4, -0.2) is 12.7 Å². The van der Waals surface area contributed by atoms with E-state index < -0.39 is 6.09 Å². The number of nitrogens with two attached hydrogens (primary N) is 1. The van der Waals surface area contributed by atoms with E-state index in [4.69, 9.17) is 0 Å². The van der Waals surface area contributed by atoms with Gasteiger partial charge in [0.15, 0.2) is 0 Å². The van der Waals surface area contributed by atoms with Crippen molar-refractivity contribution < 1.29 is 30.6 Å². The first-order chi connectivity index (χ1) is 2.77. The fraction of sp³-hybridized carbons (Fsp3) is 0.667. The van der Waals surface area contributed by atoms with Crippen LogP contribution in [0.3, 0.4) is 0 Å². The molecule has 42 valence electrons. The molecule has 0 saturated heterocycles. The molecule has 0 aromatic carbocycles. The molecule has 0 saturated carbocycles. The minimum atomic E-state index is -0.711. The fourth-order valence-corrected chi connectivity index (χ4v) is 0.142. The minimum absolute atomic E-state index is 0. The zero-order valence-corrected chi connectivity index (χ0v) is 6.19. The molecule has 0 heterocycles. The molecule has 0 rings (SSSR count). The second-order valence-electron chi connectivity index (χ2n) is 0.752. The maximum absolute atomic E-state index is 9.60. The molecular formula is C3H7NO2Pt+4. The van der Waals surface area contributed by atoms with Gasteiger partial charge >= 0.3 is 27.2 Å². The van der Waals surface area contributed by atoms with E-state index >= 15 is 0 Å². The third-order valence-electron chi connectivity index (χ3n) is 0.287. The van der Waals surface area contributed by atoms with Crippen LogP contribution in [0.15, 0.2) is 0 Å². The first kappa shape index (κ1) is 10.0. The Morgan fingerprint density at radius 1 is 1.86 bits per heavy atom.